The van der Waals surface area contributed by atoms with E-state index < -0.39 is 0 Å². The molecule has 1 aromatic heterocycles. The molecule has 1 heterocycles. The predicted molar refractivity (Wildman–Crippen MR) is 81.3 cm³/mol. The molecular formula is C13H20Cl2N4O. The quantitative estimate of drug-likeness (QED) is 0.789. The van der Waals surface area contributed by atoms with Crippen molar-refractivity contribution in [3.63, 3.8) is 0 Å². The van der Waals surface area contributed by atoms with Gasteiger partial charge in [-0.1, -0.05) is 23.2 Å². The number of nitrogens with zero attached hydrogens (tertiary/aromatic N) is 2. The first-order valence-corrected chi connectivity index (χ1v) is 7.70. The van der Waals surface area contributed by atoms with E-state index >= 15 is 0 Å². The van der Waals surface area contributed by atoms with Crippen molar-refractivity contribution in [3.05, 3.63) is 16.4 Å². The molecule has 1 aliphatic rings. The van der Waals surface area contributed by atoms with Gasteiger partial charge in [-0.15, -0.1) is 10.2 Å². The van der Waals surface area contributed by atoms with Crippen LogP contribution < -0.4 is 11.1 Å². The highest BCUT2D eigenvalue weighted by Crippen LogP contribution is 2.21. The molecule has 0 radical (unpaired) electrons. The lowest BCUT2D eigenvalue weighted by Crippen LogP contribution is -2.30. The molecule has 0 aromatic carbocycles. The summed E-state index contributed by atoms with van der Waals surface area (Å²) in [4.78, 5) is 0. The zero-order valence-electron chi connectivity index (χ0n) is 11.3. The van der Waals surface area contributed by atoms with Crippen LogP contribution in [-0.4, -0.2) is 35.5 Å². The number of hydrogen-bond donors (Lipinski definition) is 2. The summed E-state index contributed by atoms with van der Waals surface area (Å²) < 4.78 is 5.84. The molecule has 0 saturated heterocycles. The zero-order valence-corrected chi connectivity index (χ0v) is 12.8. The van der Waals surface area contributed by atoms with E-state index in [2.05, 4.69) is 15.5 Å². The van der Waals surface area contributed by atoms with Crippen molar-refractivity contribution in [1.29, 1.82) is 0 Å². The summed E-state index contributed by atoms with van der Waals surface area (Å²) in [5.74, 6) is 0. The van der Waals surface area contributed by atoms with Crippen LogP contribution in [0.4, 0.5) is 5.69 Å². The van der Waals surface area contributed by atoms with Crippen molar-refractivity contribution >= 4 is 28.9 Å². The Kier molecular flexibility index (Phi) is 6.29. The van der Waals surface area contributed by atoms with Crippen molar-refractivity contribution in [2.24, 2.45) is 5.73 Å². The molecule has 112 valence electrons. The van der Waals surface area contributed by atoms with E-state index in [1.54, 1.807) is 6.07 Å². The molecule has 0 unspecified atom stereocenters. The summed E-state index contributed by atoms with van der Waals surface area (Å²) in [6, 6.07) is 2.03. The minimum atomic E-state index is 0.326. The second-order valence-electron chi connectivity index (χ2n) is 5.06. The Bertz CT molecular complexity index is 425. The molecule has 1 aliphatic carbocycles. The van der Waals surface area contributed by atoms with Crippen LogP contribution in [0.5, 0.6) is 0 Å². The molecule has 1 saturated carbocycles. The zero-order chi connectivity index (χ0) is 14.4. The second kappa shape index (κ2) is 7.98. The van der Waals surface area contributed by atoms with Crippen molar-refractivity contribution < 1.29 is 4.74 Å². The predicted octanol–water partition coefficient (Wildman–Crippen LogP) is 2.87. The van der Waals surface area contributed by atoms with Crippen molar-refractivity contribution in [3.8, 4) is 0 Å². The maximum Gasteiger partial charge on any atom is 0.174 e. The largest absolute Gasteiger partial charge is 0.382 e. The SMILES string of the molecule is NC1CCC(OCCCNc2cc(Cl)nnc2Cl)CC1. The van der Waals surface area contributed by atoms with Gasteiger partial charge >= 0.3 is 0 Å². The minimum Gasteiger partial charge on any atom is -0.382 e. The monoisotopic (exact) mass is 318 g/mol. The Morgan fingerprint density at radius 2 is 2.00 bits per heavy atom. The smallest absolute Gasteiger partial charge is 0.174 e. The van der Waals surface area contributed by atoms with Gasteiger partial charge in [0.05, 0.1) is 11.8 Å². The van der Waals surface area contributed by atoms with Gasteiger partial charge in [-0.2, -0.15) is 0 Å². The van der Waals surface area contributed by atoms with Crippen LogP contribution in [0.3, 0.4) is 0 Å². The molecule has 0 bridgehead atoms. The van der Waals surface area contributed by atoms with Gasteiger partial charge in [0.15, 0.2) is 10.3 Å². The first kappa shape index (κ1) is 15.8. The van der Waals surface area contributed by atoms with Crippen LogP contribution in [-0.2, 0) is 4.74 Å². The topological polar surface area (TPSA) is 73.1 Å². The summed E-state index contributed by atoms with van der Waals surface area (Å²) in [6.45, 7) is 1.49. The van der Waals surface area contributed by atoms with Crippen LogP contribution in [0.2, 0.25) is 10.3 Å². The maximum absolute atomic E-state index is 5.91. The number of rotatable bonds is 6. The standard InChI is InChI=1S/C13H20Cl2N4O/c14-12-8-11(13(15)19-18-12)17-6-1-7-20-10-4-2-9(16)3-5-10/h8-10H,1-7,16H2,(H,17,18). The van der Waals surface area contributed by atoms with Gasteiger partial charge in [-0.25, -0.2) is 0 Å². The molecule has 1 aromatic rings. The van der Waals surface area contributed by atoms with Crippen LogP contribution >= 0.6 is 23.2 Å². The molecule has 2 rings (SSSR count). The third-order valence-corrected chi connectivity index (χ3v) is 3.89. The Hall–Kier alpha value is -0.620. The summed E-state index contributed by atoms with van der Waals surface area (Å²) in [7, 11) is 0. The fraction of sp³-hybridized carbons (Fsp3) is 0.692. The fourth-order valence-electron chi connectivity index (χ4n) is 2.28. The Morgan fingerprint density at radius 1 is 1.25 bits per heavy atom. The number of aromatic nitrogens is 2. The van der Waals surface area contributed by atoms with Gasteiger partial charge in [0, 0.05) is 25.3 Å². The van der Waals surface area contributed by atoms with E-state index in [0.29, 0.717) is 28.1 Å². The summed E-state index contributed by atoms with van der Waals surface area (Å²) in [6.07, 6.45) is 5.56. The molecule has 0 spiro atoms. The van der Waals surface area contributed by atoms with Gasteiger partial charge in [-0.3, -0.25) is 0 Å². The van der Waals surface area contributed by atoms with E-state index in [1.165, 1.54) is 0 Å². The number of ether oxygens (including phenoxy) is 1. The third-order valence-electron chi connectivity index (χ3n) is 3.43. The lowest BCUT2D eigenvalue weighted by Gasteiger charge is -2.26. The van der Waals surface area contributed by atoms with Crippen molar-refractivity contribution in [2.75, 3.05) is 18.5 Å². The Labute approximate surface area is 129 Å². The van der Waals surface area contributed by atoms with Gasteiger partial charge in [0.25, 0.3) is 0 Å². The molecule has 0 atom stereocenters. The lowest BCUT2D eigenvalue weighted by molar-refractivity contribution is 0.0251. The minimum absolute atomic E-state index is 0.326. The highest BCUT2D eigenvalue weighted by molar-refractivity contribution is 6.33. The first-order chi connectivity index (χ1) is 9.65. The number of hydrogen-bond acceptors (Lipinski definition) is 5. The first-order valence-electron chi connectivity index (χ1n) is 6.95. The van der Waals surface area contributed by atoms with Crippen LogP contribution in [0.1, 0.15) is 32.1 Å². The van der Waals surface area contributed by atoms with Crippen molar-refractivity contribution in [1.82, 2.24) is 10.2 Å². The second-order valence-corrected chi connectivity index (χ2v) is 5.80. The van der Waals surface area contributed by atoms with Crippen LogP contribution in [0.15, 0.2) is 6.07 Å². The molecule has 5 nitrogen and oxygen atoms in total. The summed E-state index contributed by atoms with van der Waals surface area (Å²) >= 11 is 11.7. The number of halogens is 2. The van der Waals surface area contributed by atoms with E-state index in [9.17, 15) is 0 Å². The maximum atomic E-state index is 5.91. The molecule has 20 heavy (non-hydrogen) atoms. The number of nitrogens with one attached hydrogen (secondary N) is 1. The highest BCUT2D eigenvalue weighted by Gasteiger charge is 2.18. The van der Waals surface area contributed by atoms with Gasteiger partial charge in [0.2, 0.25) is 0 Å². The average molecular weight is 319 g/mol. The van der Waals surface area contributed by atoms with Gasteiger partial charge in [-0.05, 0) is 32.1 Å². The molecule has 0 amide bonds. The van der Waals surface area contributed by atoms with E-state index in [4.69, 9.17) is 33.7 Å². The van der Waals surface area contributed by atoms with Gasteiger partial charge in [0.1, 0.15) is 0 Å². The summed E-state index contributed by atoms with van der Waals surface area (Å²) in [5, 5.41) is 11.2. The number of nitrogens with two attached hydrogens (primary N) is 1. The van der Waals surface area contributed by atoms with Crippen LogP contribution in [0.25, 0.3) is 0 Å². The van der Waals surface area contributed by atoms with Crippen LogP contribution in [0, 0.1) is 0 Å². The van der Waals surface area contributed by atoms with E-state index in [0.717, 1.165) is 45.3 Å². The lowest BCUT2D eigenvalue weighted by atomic mass is 9.94. The normalized spacial score (nSPS) is 22.8. The molecule has 3 N–H and O–H groups in total. The third kappa shape index (κ3) is 5.05. The Morgan fingerprint density at radius 3 is 2.75 bits per heavy atom. The molecule has 7 heteroatoms. The van der Waals surface area contributed by atoms with E-state index in [1.807, 2.05) is 0 Å². The number of anilines is 1. The van der Waals surface area contributed by atoms with Crippen molar-refractivity contribution in [2.45, 2.75) is 44.2 Å². The van der Waals surface area contributed by atoms with E-state index in [-0.39, 0.29) is 0 Å². The molecule has 1 fully saturated rings. The highest BCUT2D eigenvalue weighted by atomic mass is 35.5. The summed E-state index contributed by atoms with van der Waals surface area (Å²) in [5.41, 5.74) is 6.57. The molecule has 0 aliphatic heterocycles. The average Bonchev–Trinajstić information content (AvgIpc) is 2.44. The fourth-order valence-corrected chi connectivity index (χ4v) is 2.58. The molecular weight excluding hydrogens is 299 g/mol. The van der Waals surface area contributed by atoms with Gasteiger partial charge < -0.3 is 15.8 Å². The Balaban J connectivity index is 1.61.